The maximum absolute atomic E-state index is 5.60. The Morgan fingerprint density at radius 1 is 1.50 bits per heavy atom. The van der Waals surface area contributed by atoms with Crippen molar-refractivity contribution < 1.29 is 0 Å². The van der Waals surface area contributed by atoms with Crippen molar-refractivity contribution in [2.75, 3.05) is 11.9 Å². The van der Waals surface area contributed by atoms with Gasteiger partial charge in [-0.3, -0.25) is 0 Å². The van der Waals surface area contributed by atoms with Gasteiger partial charge in [0.1, 0.15) is 5.82 Å². The summed E-state index contributed by atoms with van der Waals surface area (Å²) in [6, 6.07) is 3.92. The third-order valence-electron chi connectivity index (χ3n) is 2.13. The van der Waals surface area contributed by atoms with E-state index < -0.39 is 0 Å². The Morgan fingerprint density at radius 2 is 2.29 bits per heavy atom. The Bertz CT molecular complexity index is 271. The lowest BCUT2D eigenvalue weighted by atomic mass is 10.1. The van der Waals surface area contributed by atoms with Crippen molar-refractivity contribution in [1.29, 1.82) is 0 Å². The first-order chi connectivity index (χ1) is 6.74. The number of rotatable bonds is 5. The minimum Gasteiger partial charge on any atom is -0.370 e. The second-order valence-electron chi connectivity index (χ2n) is 3.82. The van der Waals surface area contributed by atoms with E-state index in [1.54, 1.807) is 6.20 Å². The highest BCUT2D eigenvalue weighted by Crippen LogP contribution is 2.10. The van der Waals surface area contributed by atoms with Crippen molar-refractivity contribution in [3.05, 3.63) is 23.9 Å². The highest BCUT2D eigenvalue weighted by molar-refractivity contribution is 5.43. The molecule has 78 valence electrons. The Kier molecular flexibility index (Phi) is 4.40. The fourth-order valence-corrected chi connectivity index (χ4v) is 1.24. The number of hydrogen-bond donors (Lipinski definition) is 2. The molecule has 0 radical (unpaired) electrons. The Labute approximate surface area is 85.7 Å². The maximum Gasteiger partial charge on any atom is 0.130 e. The number of hydrogen-bond acceptors (Lipinski definition) is 3. The molecule has 0 saturated heterocycles. The summed E-state index contributed by atoms with van der Waals surface area (Å²) < 4.78 is 0. The van der Waals surface area contributed by atoms with Crippen molar-refractivity contribution in [2.24, 2.45) is 11.7 Å². The predicted octanol–water partition coefficient (Wildman–Crippen LogP) is 2.00. The van der Waals surface area contributed by atoms with Crippen LogP contribution in [0.2, 0.25) is 0 Å². The van der Waals surface area contributed by atoms with Crippen molar-refractivity contribution in [3.63, 3.8) is 0 Å². The summed E-state index contributed by atoms with van der Waals surface area (Å²) in [4.78, 5) is 4.26. The van der Waals surface area contributed by atoms with Gasteiger partial charge in [0.2, 0.25) is 0 Å². The summed E-state index contributed by atoms with van der Waals surface area (Å²) in [6.07, 6.45) is 2.94. The molecule has 0 atom stereocenters. The monoisotopic (exact) mass is 193 g/mol. The average molecular weight is 193 g/mol. The molecule has 1 aromatic rings. The van der Waals surface area contributed by atoms with E-state index in [9.17, 15) is 0 Å². The summed E-state index contributed by atoms with van der Waals surface area (Å²) in [5, 5.41) is 3.30. The van der Waals surface area contributed by atoms with Gasteiger partial charge in [0.15, 0.2) is 0 Å². The number of nitrogens with zero attached hydrogens (tertiary/aromatic N) is 1. The van der Waals surface area contributed by atoms with E-state index in [4.69, 9.17) is 5.73 Å². The molecular formula is C11H19N3. The number of nitrogens with two attached hydrogens (primary N) is 1. The minimum atomic E-state index is 0.540. The molecule has 3 nitrogen and oxygen atoms in total. The smallest absolute Gasteiger partial charge is 0.130 e. The lowest BCUT2D eigenvalue weighted by Gasteiger charge is -2.10. The van der Waals surface area contributed by atoms with Gasteiger partial charge in [-0.2, -0.15) is 0 Å². The molecule has 0 bridgehead atoms. The van der Waals surface area contributed by atoms with Crippen LogP contribution in [0.3, 0.4) is 0 Å². The molecule has 0 saturated carbocycles. The number of anilines is 1. The first-order valence-electron chi connectivity index (χ1n) is 5.12. The summed E-state index contributed by atoms with van der Waals surface area (Å²) in [6.45, 7) is 5.92. The van der Waals surface area contributed by atoms with Crippen LogP contribution in [-0.2, 0) is 6.54 Å². The van der Waals surface area contributed by atoms with Crippen LogP contribution in [0.25, 0.3) is 0 Å². The van der Waals surface area contributed by atoms with Crippen molar-refractivity contribution in [2.45, 2.75) is 26.8 Å². The van der Waals surface area contributed by atoms with E-state index in [0.717, 1.165) is 24.3 Å². The van der Waals surface area contributed by atoms with E-state index in [0.29, 0.717) is 12.5 Å². The second-order valence-corrected chi connectivity index (χ2v) is 3.82. The van der Waals surface area contributed by atoms with Gasteiger partial charge in [-0.1, -0.05) is 19.9 Å². The van der Waals surface area contributed by atoms with Crippen LogP contribution in [0.1, 0.15) is 25.8 Å². The van der Waals surface area contributed by atoms with Gasteiger partial charge in [0.25, 0.3) is 0 Å². The topological polar surface area (TPSA) is 50.9 Å². The van der Waals surface area contributed by atoms with E-state index in [1.165, 1.54) is 0 Å². The van der Waals surface area contributed by atoms with Gasteiger partial charge >= 0.3 is 0 Å². The largest absolute Gasteiger partial charge is 0.370 e. The maximum atomic E-state index is 5.60. The molecule has 0 aliphatic heterocycles. The summed E-state index contributed by atoms with van der Waals surface area (Å²) >= 11 is 0. The van der Waals surface area contributed by atoms with Crippen LogP contribution >= 0.6 is 0 Å². The number of aromatic nitrogens is 1. The van der Waals surface area contributed by atoms with Gasteiger partial charge in [0.05, 0.1) is 0 Å². The van der Waals surface area contributed by atoms with Crippen molar-refractivity contribution in [1.82, 2.24) is 4.98 Å². The quantitative estimate of drug-likeness (QED) is 0.752. The zero-order valence-corrected chi connectivity index (χ0v) is 8.96. The molecular weight excluding hydrogens is 174 g/mol. The first kappa shape index (κ1) is 11.0. The van der Waals surface area contributed by atoms with E-state index in [-0.39, 0.29) is 0 Å². The van der Waals surface area contributed by atoms with E-state index in [2.05, 4.69) is 24.1 Å². The highest BCUT2D eigenvalue weighted by Gasteiger charge is 2.00. The Morgan fingerprint density at radius 3 is 2.93 bits per heavy atom. The fraction of sp³-hybridized carbons (Fsp3) is 0.545. The molecule has 0 aliphatic carbocycles. The molecule has 14 heavy (non-hydrogen) atoms. The molecule has 0 amide bonds. The molecule has 0 fully saturated rings. The van der Waals surface area contributed by atoms with Crippen LogP contribution in [0.15, 0.2) is 18.3 Å². The predicted molar refractivity (Wildman–Crippen MR) is 60.1 cm³/mol. The molecule has 0 spiro atoms. The lowest BCUT2D eigenvalue weighted by Crippen LogP contribution is -2.10. The molecule has 1 rings (SSSR count). The van der Waals surface area contributed by atoms with Crippen LogP contribution in [0.4, 0.5) is 5.82 Å². The Hall–Kier alpha value is -1.09. The average Bonchev–Trinajstić information content (AvgIpc) is 2.18. The third kappa shape index (κ3) is 3.34. The number of pyridine rings is 1. The minimum absolute atomic E-state index is 0.540. The van der Waals surface area contributed by atoms with Crippen molar-refractivity contribution >= 4 is 5.82 Å². The van der Waals surface area contributed by atoms with Gasteiger partial charge in [0, 0.05) is 24.8 Å². The summed E-state index contributed by atoms with van der Waals surface area (Å²) in [7, 11) is 0. The van der Waals surface area contributed by atoms with Crippen LogP contribution in [0.5, 0.6) is 0 Å². The molecule has 1 aromatic heterocycles. The zero-order chi connectivity index (χ0) is 10.4. The van der Waals surface area contributed by atoms with E-state index >= 15 is 0 Å². The standard InChI is InChI=1S/C11H19N3/c1-9(2)5-7-14-11-10(8-12)4-3-6-13-11/h3-4,6,9H,5,7-8,12H2,1-2H3,(H,13,14). The number of nitrogens with one attached hydrogen (secondary N) is 1. The Balaban J connectivity index is 2.49. The molecule has 0 unspecified atom stereocenters. The fourth-order valence-electron chi connectivity index (χ4n) is 1.24. The van der Waals surface area contributed by atoms with Gasteiger partial charge in [-0.25, -0.2) is 4.98 Å². The summed E-state index contributed by atoms with van der Waals surface area (Å²) in [5.74, 6) is 1.64. The molecule has 3 N–H and O–H groups in total. The highest BCUT2D eigenvalue weighted by atomic mass is 15.0. The van der Waals surface area contributed by atoms with Crippen molar-refractivity contribution in [3.8, 4) is 0 Å². The third-order valence-corrected chi connectivity index (χ3v) is 2.13. The molecule has 3 heteroatoms. The summed E-state index contributed by atoms with van der Waals surface area (Å²) in [5.41, 5.74) is 6.68. The SMILES string of the molecule is CC(C)CCNc1ncccc1CN. The van der Waals surface area contributed by atoms with E-state index in [1.807, 2.05) is 12.1 Å². The zero-order valence-electron chi connectivity index (χ0n) is 8.96. The second kappa shape index (κ2) is 5.60. The van der Waals surface area contributed by atoms with Gasteiger partial charge < -0.3 is 11.1 Å². The van der Waals surface area contributed by atoms with Gasteiger partial charge in [-0.15, -0.1) is 0 Å². The molecule has 1 heterocycles. The van der Waals surface area contributed by atoms with Crippen LogP contribution in [0, 0.1) is 5.92 Å². The van der Waals surface area contributed by atoms with Crippen LogP contribution in [-0.4, -0.2) is 11.5 Å². The first-order valence-corrected chi connectivity index (χ1v) is 5.12. The molecule has 0 aliphatic rings. The normalized spacial score (nSPS) is 10.6. The van der Waals surface area contributed by atoms with Gasteiger partial charge in [-0.05, 0) is 18.4 Å². The molecule has 0 aromatic carbocycles. The lowest BCUT2D eigenvalue weighted by molar-refractivity contribution is 0.606. The van der Waals surface area contributed by atoms with Crippen LogP contribution < -0.4 is 11.1 Å².